The number of aromatic nitrogens is 1. The van der Waals surface area contributed by atoms with Gasteiger partial charge in [0.1, 0.15) is 0 Å². The smallest absolute Gasteiger partial charge is 0.309 e. The minimum atomic E-state index is -0.268. The molecule has 0 aliphatic heterocycles. The fraction of sp³-hybridized carbons (Fsp3) is 0.231. The molecule has 0 aliphatic carbocycles. The second-order valence-electron chi connectivity index (χ2n) is 3.85. The summed E-state index contributed by atoms with van der Waals surface area (Å²) in [6, 6.07) is 7.43. The molecule has 0 fully saturated rings. The molecule has 17 heavy (non-hydrogen) atoms. The fourth-order valence-electron chi connectivity index (χ4n) is 1.82. The van der Waals surface area contributed by atoms with Crippen LogP contribution in [-0.4, -0.2) is 23.6 Å². The molecular formula is C13H13NO3. The quantitative estimate of drug-likeness (QED) is 0.743. The van der Waals surface area contributed by atoms with Crippen LogP contribution in [0.15, 0.2) is 30.5 Å². The lowest BCUT2D eigenvalue weighted by Gasteiger charge is -2.02. The van der Waals surface area contributed by atoms with Crippen molar-refractivity contribution in [2.75, 3.05) is 7.11 Å². The molecular weight excluding hydrogens is 218 g/mol. The molecule has 88 valence electrons. The Kier molecular flexibility index (Phi) is 2.95. The van der Waals surface area contributed by atoms with E-state index >= 15 is 0 Å². The Balaban J connectivity index is 2.39. The lowest BCUT2D eigenvalue weighted by Crippen LogP contribution is -2.05. The first-order valence-electron chi connectivity index (χ1n) is 5.29. The Hall–Kier alpha value is -2.10. The van der Waals surface area contributed by atoms with Crippen LogP contribution < -0.4 is 0 Å². The molecule has 0 N–H and O–H groups in total. The minimum absolute atomic E-state index is 0.0271. The maximum absolute atomic E-state index is 11.3. The molecule has 4 nitrogen and oxygen atoms in total. The summed E-state index contributed by atoms with van der Waals surface area (Å²) in [5, 5.41) is 0.946. The van der Waals surface area contributed by atoms with Gasteiger partial charge in [-0.2, -0.15) is 0 Å². The van der Waals surface area contributed by atoms with Crippen molar-refractivity contribution in [3.63, 3.8) is 0 Å². The minimum Gasteiger partial charge on any atom is -0.469 e. The Morgan fingerprint density at radius 3 is 2.71 bits per heavy atom. The number of carbonyl (C=O) groups excluding carboxylic acids is 2. The van der Waals surface area contributed by atoms with Crippen molar-refractivity contribution in [1.82, 2.24) is 4.57 Å². The van der Waals surface area contributed by atoms with Gasteiger partial charge in [-0.25, -0.2) is 0 Å². The second kappa shape index (κ2) is 4.41. The summed E-state index contributed by atoms with van der Waals surface area (Å²) in [5.74, 6) is -0.295. The molecule has 0 atom stereocenters. The van der Waals surface area contributed by atoms with E-state index < -0.39 is 0 Å². The highest BCUT2D eigenvalue weighted by molar-refractivity contribution is 5.92. The number of fused-ring (bicyclic) bond motifs is 1. The normalized spacial score (nSPS) is 10.5. The third kappa shape index (κ3) is 2.20. The number of nitrogens with zero attached hydrogens (tertiary/aromatic N) is 1. The first-order valence-corrected chi connectivity index (χ1v) is 5.29. The number of esters is 1. The predicted octanol–water partition coefficient (Wildman–Crippen LogP) is 2.02. The van der Waals surface area contributed by atoms with Crippen LogP contribution in [0.1, 0.15) is 17.3 Å². The first kappa shape index (κ1) is 11.4. The largest absolute Gasteiger partial charge is 0.469 e. The van der Waals surface area contributed by atoms with Crippen molar-refractivity contribution >= 4 is 22.8 Å². The SMILES string of the molecule is COC(=O)Cc1ccc2c(ccn2C(C)=O)c1. The van der Waals surface area contributed by atoms with E-state index in [9.17, 15) is 9.59 Å². The zero-order chi connectivity index (χ0) is 12.4. The van der Waals surface area contributed by atoms with E-state index in [1.54, 1.807) is 10.8 Å². The van der Waals surface area contributed by atoms with Crippen molar-refractivity contribution in [2.24, 2.45) is 0 Å². The Labute approximate surface area is 98.8 Å². The highest BCUT2D eigenvalue weighted by Gasteiger charge is 2.07. The van der Waals surface area contributed by atoms with Gasteiger partial charge in [0, 0.05) is 18.5 Å². The number of ether oxygens (including phenoxy) is 1. The zero-order valence-corrected chi connectivity index (χ0v) is 9.77. The summed E-state index contributed by atoms with van der Waals surface area (Å²) >= 11 is 0. The van der Waals surface area contributed by atoms with Gasteiger partial charge in [0.05, 0.1) is 19.0 Å². The van der Waals surface area contributed by atoms with Crippen molar-refractivity contribution in [3.8, 4) is 0 Å². The summed E-state index contributed by atoms with van der Waals surface area (Å²) in [6.07, 6.45) is 1.98. The summed E-state index contributed by atoms with van der Waals surface area (Å²) < 4.78 is 6.19. The molecule has 0 spiro atoms. The van der Waals surface area contributed by atoms with E-state index in [-0.39, 0.29) is 18.3 Å². The van der Waals surface area contributed by atoms with E-state index in [0.717, 1.165) is 16.5 Å². The van der Waals surface area contributed by atoms with Gasteiger partial charge in [0.25, 0.3) is 0 Å². The third-order valence-corrected chi connectivity index (χ3v) is 2.67. The second-order valence-corrected chi connectivity index (χ2v) is 3.85. The molecule has 0 saturated carbocycles. The lowest BCUT2D eigenvalue weighted by molar-refractivity contribution is -0.139. The van der Waals surface area contributed by atoms with E-state index in [1.165, 1.54) is 14.0 Å². The van der Waals surface area contributed by atoms with Gasteiger partial charge in [0.15, 0.2) is 0 Å². The van der Waals surface area contributed by atoms with Gasteiger partial charge in [-0.05, 0) is 23.8 Å². The number of hydrogen-bond donors (Lipinski definition) is 0. The van der Waals surface area contributed by atoms with Gasteiger partial charge >= 0.3 is 5.97 Å². The predicted molar refractivity (Wildman–Crippen MR) is 64.0 cm³/mol. The molecule has 0 saturated heterocycles. The van der Waals surface area contributed by atoms with Crippen molar-refractivity contribution < 1.29 is 14.3 Å². The summed E-state index contributed by atoms with van der Waals surface area (Å²) in [5.41, 5.74) is 1.73. The van der Waals surface area contributed by atoms with Crippen LogP contribution in [0.4, 0.5) is 0 Å². The van der Waals surface area contributed by atoms with E-state index in [0.29, 0.717) is 0 Å². The molecule has 4 heteroatoms. The fourth-order valence-corrected chi connectivity index (χ4v) is 1.82. The van der Waals surface area contributed by atoms with E-state index in [2.05, 4.69) is 4.74 Å². The van der Waals surface area contributed by atoms with Gasteiger partial charge in [0.2, 0.25) is 5.91 Å². The highest BCUT2D eigenvalue weighted by Crippen LogP contribution is 2.18. The maximum Gasteiger partial charge on any atom is 0.309 e. The van der Waals surface area contributed by atoms with Crippen LogP contribution >= 0.6 is 0 Å². The summed E-state index contributed by atoms with van der Waals surface area (Å²) in [6.45, 7) is 1.52. The Morgan fingerprint density at radius 2 is 2.06 bits per heavy atom. The molecule has 0 aliphatic rings. The number of carbonyl (C=O) groups is 2. The van der Waals surface area contributed by atoms with Crippen LogP contribution in [0.25, 0.3) is 10.9 Å². The Bertz CT molecular complexity index is 583. The molecule has 1 aromatic carbocycles. The molecule has 0 unspecified atom stereocenters. The molecule has 2 rings (SSSR count). The topological polar surface area (TPSA) is 48.3 Å². The van der Waals surface area contributed by atoms with Crippen molar-refractivity contribution in [2.45, 2.75) is 13.3 Å². The van der Waals surface area contributed by atoms with Crippen LogP contribution in [0.5, 0.6) is 0 Å². The first-order chi connectivity index (χ1) is 8.11. The maximum atomic E-state index is 11.3. The molecule has 1 aromatic heterocycles. The van der Waals surface area contributed by atoms with E-state index in [4.69, 9.17) is 0 Å². The monoisotopic (exact) mass is 231 g/mol. The third-order valence-electron chi connectivity index (χ3n) is 2.67. The summed E-state index contributed by atoms with van der Waals surface area (Å²) in [7, 11) is 1.37. The standard InChI is InChI=1S/C13H13NO3/c1-9(15)14-6-5-11-7-10(3-4-12(11)14)8-13(16)17-2/h3-7H,8H2,1-2H3. The molecule has 0 amide bonds. The van der Waals surface area contributed by atoms with Crippen LogP contribution in [0.3, 0.4) is 0 Å². The zero-order valence-electron chi connectivity index (χ0n) is 9.77. The van der Waals surface area contributed by atoms with Gasteiger partial charge < -0.3 is 4.74 Å². The molecule has 0 bridgehead atoms. The number of hydrogen-bond acceptors (Lipinski definition) is 3. The van der Waals surface area contributed by atoms with Crippen molar-refractivity contribution in [3.05, 3.63) is 36.0 Å². The van der Waals surface area contributed by atoms with Crippen molar-refractivity contribution in [1.29, 1.82) is 0 Å². The lowest BCUT2D eigenvalue weighted by atomic mass is 10.1. The average molecular weight is 231 g/mol. The molecule has 1 heterocycles. The number of benzene rings is 1. The number of rotatable bonds is 2. The van der Waals surface area contributed by atoms with Gasteiger partial charge in [-0.1, -0.05) is 6.07 Å². The summed E-state index contributed by atoms with van der Waals surface area (Å²) in [4.78, 5) is 22.5. The average Bonchev–Trinajstić information content (AvgIpc) is 2.71. The van der Waals surface area contributed by atoms with Gasteiger partial charge in [-0.15, -0.1) is 0 Å². The van der Waals surface area contributed by atoms with E-state index in [1.807, 2.05) is 24.3 Å². The van der Waals surface area contributed by atoms with Crippen LogP contribution in [-0.2, 0) is 16.0 Å². The van der Waals surface area contributed by atoms with Crippen LogP contribution in [0.2, 0.25) is 0 Å². The highest BCUT2D eigenvalue weighted by atomic mass is 16.5. The molecule has 2 aromatic rings. The number of methoxy groups -OCH3 is 1. The Morgan fingerprint density at radius 1 is 1.29 bits per heavy atom. The van der Waals surface area contributed by atoms with Crippen LogP contribution in [0, 0.1) is 0 Å². The van der Waals surface area contributed by atoms with Gasteiger partial charge in [-0.3, -0.25) is 14.2 Å². The molecule has 0 radical (unpaired) electrons.